The summed E-state index contributed by atoms with van der Waals surface area (Å²) in [5, 5.41) is 11.4. The Balaban J connectivity index is 1.85. The highest BCUT2D eigenvalue weighted by Crippen LogP contribution is 2.35. The highest BCUT2D eigenvalue weighted by molar-refractivity contribution is 5.84. The van der Waals surface area contributed by atoms with E-state index in [1.165, 1.54) is 12.5 Å². The fourth-order valence-electron chi connectivity index (χ4n) is 2.81. The highest BCUT2D eigenvalue weighted by atomic mass is 16.4. The van der Waals surface area contributed by atoms with Crippen molar-refractivity contribution in [1.82, 2.24) is 5.32 Å². The summed E-state index contributed by atoms with van der Waals surface area (Å²) in [4.78, 5) is 22.7. The molecule has 0 bridgehead atoms. The number of hydrogen-bond donors (Lipinski definition) is 2. The van der Waals surface area contributed by atoms with E-state index in [2.05, 4.69) is 17.4 Å². The van der Waals surface area contributed by atoms with E-state index in [0.29, 0.717) is 5.92 Å². The Labute approximate surface area is 119 Å². The first-order valence-corrected chi connectivity index (χ1v) is 7.16. The Morgan fingerprint density at radius 3 is 2.30 bits per heavy atom. The number of benzene rings is 1. The van der Waals surface area contributed by atoms with Gasteiger partial charge in [0.2, 0.25) is 5.91 Å². The van der Waals surface area contributed by atoms with E-state index in [1.54, 1.807) is 0 Å². The van der Waals surface area contributed by atoms with Crippen LogP contribution in [-0.4, -0.2) is 23.0 Å². The first kappa shape index (κ1) is 14.6. The maximum atomic E-state index is 12.0. The van der Waals surface area contributed by atoms with E-state index in [-0.39, 0.29) is 11.8 Å². The average Bonchev–Trinajstić information content (AvgIpc) is 2.48. The van der Waals surface area contributed by atoms with E-state index in [4.69, 9.17) is 5.11 Å². The van der Waals surface area contributed by atoms with Crippen molar-refractivity contribution in [3.05, 3.63) is 35.9 Å². The number of hydrogen-bond acceptors (Lipinski definition) is 2. The van der Waals surface area contributed by atoms with Crippen LogP contribution in [0, 0.1) is 5.92 Å². The van der Waals surface area contributed by atoms with Crippen molar-refractivity contribution in [2.45, 2.75) is 44.6 Å². The topological polar surface area (TPSA) is 66.4 Å². The van der Waals surface area contributed by atoms with Crippen LogP contribution in [0.2, 0.25) is 0 Å². The Morgan fingerprint density at radius 1 is 1.15 bits per heavy atom. The summed E-state index contributed by atoms with van der Waals surface area (Å²) in [5.74, 6) is -0.628. The van der Waals surface area contributed by atoms with Crippen LogP contribution in [0.25, 0.3) is 0 Å². The van der Waals surface area contributed by atoms with Crippen molar-refractivity contribution in [1.29, 1.82) is 0 Å². The minimum absolute atomic E-state index is 0.0447. The Kier molecular flexibility index (Phi) is 4.77. The molecular formula is C16H21NO3. The van der Waals surface area contributed by atoms with Gasteiger partial charge in [-0.2, -0.15) is 0 Å². The maximum Gasteiger partial charge on any atom is 0.325 e. The number of carbonyl (C=O) groups is 2. The molecule has 4 nitrogen and oxygen atoms in total. The van der Waals surface area contributed by atoms with Gasteiger partial charge in [0.05, 0.1) is 0 Å². The minimum atomic E-state index is -0.990. The van der Waals surface area contributed by atoms with Gasteiger partial charge in [-0.25, -0.2) is 0 Å². The predicted octanol–water partition coefficient (Wildman–Crippen LogP) is 2.55. The fourth-order valence-corrected chi connectivity index (χ4v) is 2.81. The third-order valence-electron chi connectivity index (χ3n) is 4.10. The van der Waals surface area contributed by atoms with Gasteiger partial charge < -0.3 is 10.4 Å². The van der Waals surface area contributed by atoms with Gasteiger partial charge in [0.1, 0.15) is 6.04 Å². The molecule has 1 fully saturated rings. The normalized spacial score (nSPS) is 23.9. The molecule has 1 aliphatic rings. The summed E-state index contributed by atoms with van der Waals surface area (Å²) in [5.41, 5.74) is 1.34. The molecule has 2 rings (SSSR count). The zero-order chi connectivity index (χ0) is 14.5. The van der Waals surface area contributed by atoms with Gasteiger partial charge in [-0.3, -0.25) is 9.59 Å². The first-order chi connectivity index (χ1) is 9.58. The van der Waals surface area contributed by atoms with Gasteiger partial charge in [-0.15, -0.1) is 0 Å². The smallest absolute Gasteiger partial charge is 0.325 e. The van der Waals surface area contributed by atoms with Crippen molar-refractivity contribution in [3.63, 3.8) is 0 Å². The average molecular weight is 275 g/mol. The van der Waals surface area contributed by atoms with Crippen LogP contribution >= 0.6 is 0 Å². The summed E-state index contributed by atoms with van der Waals surface area (Å²) in [6, 6.07) is 9.56. The SMILES string of the molecule is CC(NC(=O)C1CCC(c2ccccc2)CC1)C(=O)O. The summed E-state index contributed by atoms with van der Waals surface area (Å²) in [6.45, 7) is 1.50. The Hall–Kier alpha value is -1.84. The summed E-state index contributed by atoms with van der Waals surface area (Å²) < 4.78 is 0. The van der Waals surface area contributed by atoms with Gasteiger partial charge in [0.25, 0.3) is 0 Å². The van der Waals surface area contributed by atoms with Crippen LogP contribution in [-0.2, 0) is 9.59 Å². The maximum absolute atomic E-state index is 12.0. The molecule has 1 aliphatic carbocycles. The molecule has 1 unspecified atom stereocenters. The van der Waals surface area contributed by atoms with Crippen LogP contribution in [0.1, 0.15) is 44.1 Å². The van der Waals surface area contributed by atoms with Crippen molar-refractivity contribution < 1.29 is 14.7 Å². The van der Waals surface area contributed by atoms with E-state index < -0.39 is 12.0 Å². The van der Waals surface area contributed by atoms with Gasteiger partial charge >= 0.3 is 5.97 Å². The molecule has 1 amide bonds. The molecule has 2 N–H and O–H groups in total. The standard InChI is InChI=1S/C16H21NO3/c1-11(16(19)20)17-15(18)14-9-7-13(8-10-14)12-5-3-2-4-6-12/h2-6,11,13-14H,7-10H2,1H3,(H,17,18)(H,19,20). The summed E-state index contributed by atoms with van der Waals surface area (Å²) in [7, 11) is 0. The minimum Gasteiger partial charge on any atom is -0.480 e. The molecule has 1 atom stereocenters. The second kappa shape index (κ2) is 6.55. The van der Waals surface area contributed by atoms with Gasteiger partial charge in [0, 0.05) is 5.92 Å². The second-order valence-electron chi connectivity index (χ2n) is 5.53. The van der Waals surface area contributed by atoms with E-state index >= 15 is 0 Å². The van der Waals surface area contributed by atoms with Crippen molar-refractivity contribution in [3.8, 4) is 0 Å². The lowest BCUT2D eigenvalue weighted by molar-refractivity contribution is -0.142. The van der Waals surface area contributed by atoms with Crippen molar-refractivity contribution >= 4 is 11.9 Å². The van der Waals surface area contributed by atoms with Gasteiger partial charge in [-0.1, -0.05) is 30.3 Å². The van der Waals surface area contributed by atoms with E-state index in [1.807, 2.05) is 18.2 Å². The van der Waals surface area contributed by atoms with Crippen LogP contribution in [0.5, 0.6) is 0 Å². The lowest BCUT2D eigenvalue weighted by Gasteiger charge is -2.28. The number of carbonyl (C=O) groups excluding carboxylic acids is 1. The third kappa shape index (κ3) is 3.59. The Morgan fingerprint density at radius 2 is 1.75 bits per heavy atom. The van der Waals surface area contributed by atoms with Crippen LogP contribution in [0.4, 0.5) is 0 Å². The lowest BCUT2D eigenvalue weighted by atomic mass is 9.78. The molecule has 0 spiro atoms. The number of nitrogens with one attached hydrogen (secondary N) is 1. The predicted molar refractivity (Wildman–Crippen MR) is 76.4 cm³/mol. The zero-order valence-electron chi connectivity index (χ0n) is 11.7. The number of carboxylic acids is 1. The van der Waals surface area contributed by atoms with Crippen LogP contribution in [0.3, 0.4) is 0 Å². The quantitative estimate of drug-likeness (QED) is 0.887. The molecule has 0 saturated heterocycles. The number of amides is 1. The molecule has 20 heavy (non-hydrogen) atoms. The molecule has 0 heterocycles. The van der Waals surface area contributed by atoms with Gasteiger partial charge in [-0.05, 0) is 44.1 Å². The largest absolute Gasteiger partial charge is 0.480 e. The number of carboxylic acid groups (broad SMARTS) is 1. The lowest BCUT2D eigenvalue weighted by Crippen LogP contribution is -2.42. The van der Waals surface area contributed by atoms with E-state index in [9.17, 15) is 9.59 Å². The zero-order valence-corrected chi connectivity index (χ0v) is 11.7. The molecule has 0 aromatic heterocycles. The number of rotatable bonds is 4. The molecule has 4 heteroatoms. The molecule has 0 radical (unpaired) electrons. The summed E-state index contributed by atoms with van der Waals surface area (Å²) >= 11 is 0. The van der Waals surface area contributed by atoms with Crippen molar-refractivity contribution in [2.75, 3.05) is 0 Å². The molecule has 1 aromatic rings. The molecular weight excluding hydrogens is 254 g/mol. The first-order valence-electron chi connectivity index (χ1n) is 7.16. The molecule has 0 aliphatic heterocycles. The third-order valence-corrected chi connectivity index (χ3v) is 4.10. The fraction of sp³-hybridized carbons (Fsp3) is 0.500. The Bertz CT molecular complexity index is 464. The molecule has 1 aromatic carbocycles. The second-order valence-corrected chi connectivity index (χ2v) is 5.53. The van der Waals surface area contributed by atoms with Gasteiger partial charge in [0.15, 0.2) is 0 Å². The van der Waals surface area contributed by atoms with E-state index in [0.717, 1.165) is 25.7 Å². The molecule has 1 saturated carbocycles. The monoisotopic (exact) mass is 275 g/mol. The van der Waals surface area contributed by atoms with Crippen LogP contribution < -0.4 is 5.32 Å². The molecule has 108 valence electrons. The van der Waals surface area contributed by atoms with Crippen LogP contribution in [0.15, 0.2) is 30.3 Å². The number of aliphatic carboxylic acids is 1. The van der Waals surface area contributed by atoms with Crippen molar-refractivity contribution in [2.24, 2.45) is 5.92 Å². The summed E-state index contributed by atoms with van der Waals surface area (Å²) in [6.07, 6.45) is 3.64. The highest BCUT2D eigenvalue weighted by Gasteiger charge is 2.28.